The molecule has 0 aliphatic rings. The minimum Gasteiger partial charge on any atom is -0.378 e. The molecule has 0 spiro atoms. The maximum absolute atomic E-state index is 11.0. The van der Waals surface area contributed by atoms with Crippen molar-refractivity contribution in [1.82, 2.24) is 4.98 Å². The number of nitro groups is 1. The van der Waals surface area contributed by atoms with E-state index in [9.17, 15) is 10.1 Å². The predicted octanol–water partition coefficient (Wildman–Crippen LogP) is 4.33. The predicted molar refractivity (Wildman–Crippen MR) is 82.1 cm³/mol. The topological polar surface area (TPSA) is 68.1 Å². The van der Waals surface area contributed by atoms with Crippen molar-refractivity contribution in [3.8, 4) is 0 Å². The van der Waals surface area contributed by atoms with Crippen LogP contribution in [0.25, 0.3) is 0 Å². The van der Waals surface area contributed by atoms with E-state index in [0.717, 1.165) is 10.0 Å². The van der Waals surface area contributed by atoms with Crippen molar-refractivity contribution < 1.29 is 4.92 Å². The Morgan fingerprint density at radius 3 is 2.90 bits per heavy atom. The van der Waals surface area contributed by atoms with Gasteiger partial charge in [-0.15, -0.1) is 0 Å². The molecule has 0 aliphatic heterocycles. The van der Waals surface area contributed by atoms with Gasteiger partial charge in [-0.05, 0) is 30.7 Å². The Morgan fingerprint density at radius 2 is 2.20 bits per heavy atom. The summed E-state index contributed by atoms with van der Waals surface area (Å²) in [6.07, 6.45) is 1.66. The van der Waals surface area contributed by atoms with Crippen LogP contribution in [0.3, 0.4) is 0 Å². The molecule has 0 saturated heterocycles. The van der Waals surface area contributed by atoms with Gasteiger partial charge in [-0.25, -0.2) is 4.98 Å². The van der Waals surface area contributed by atoms with Crippen LogP contribution in [0.1, 0.15) is 11.1 Å². The fourth-order valence-electron chi connectivity index (χ4n) is 1.74. The molecule has 2 aromatic rings. The smallest absolute Gasteiger partial charge is 0.274 e. The summed E-state index contributed by atoms with van der Waals surface area (Å²) in [7, 11) is 0. The number of hydrogen-bond acceptors (Lipinski definition) is 4. The van der Waals surface area contributed by atoms with Crippen molar-refractivity contribution in [2.45, 2.75) is 13.5 Å². The summed E-state index contributed by atoms with van der Waals surface area (Å²) in [6.45, 7) is 2.19. The van der Waals surface area contributed by atoms with Gasteiger partial charge in [0.15, 0.2) is 5.15 Å². The number of anilines is 1. The SMILES string of the molecule is Cc1cnc(Cl)c(NCc2cc(Br)ccc2[N+](=O)[O-])c1. The zero-order chi connectivity index (χ0) is 14.7. The van der Waals surface area contributed by atoms with Crippen molar-refractivity contribution in [2.24, 2.45) is 0 Å². The lowest BCUT2D eigenvalue weighted by molar-refractivity contribution is -0.385. The van der Waals surface area contributed by atoms with Crippen molar-refractivity contribution in [1.29, 1.82) is 0 Å². The van der Waals surface area contributed by atoms with Crippen LogP contribution in [0, 0.1) is 17.0 Å². The molecule has 0 aliphatic carbocycles. The average Bonchev–Trinajstić information content (AvgIpc) is 2.39. The van der Waals surface area contributed by atoms with Crippen LogP contribution in [0.2, 0.25) is 5.15 Å². The highest BCUT2D eigenvalue weighted by Gasteiger charge is 2.14. The Bertz CT molecular complexity index is 664. The molecular formula is C13H11BrClN3O2. The zero-order valence-corrected chi connectivity index (χ0v) is 12.9. The van der Waals surface area contributed by atoms with Crippen LogP contribution >= 0.6 is 27.5 Å². The van der Waals surface area contributed by atoms with Crippen molar-refractivity contribution in [2.75, 3.05) is 5.32 Å². The van der Waals surface area contributed by atoms with E-state index in [-0.39, 0.29) is 5.69 Å². The number of halogens is 2. The van der Waals surface area contributed by atoms with Gasteiger partial charge >= 0.3 is 0 Å². The molecule has 0 fully saturated rings. The molecule has 104 valence electrons. The number of nitro benzene ring substituents is 1. The highest BCUT2D eigenvalue weighted by molar-refractivity contribution is 9.10. The summed E-state index contributed by atoms with van der Waals surface area (Å²) in [5.74, 6) is 0. The first-order chi connectivity index (χ1) is 9.47. The molecule has 1 aromatic heterocycles. The standard InChI is InChI=1S/C13H11BrClN3O2/c1-8-4-11(13(15)17-6-8)16-7-9-5-10(14)2-3-12(9)18(19)20/h2-6,16H,7H2,1H3. The molecule has 0 amide bonds. The first-order valence-corrected chi connectivity index (χ1v) is 6.93. The van der Waals surface area contributed by atoms with Gasteiger partial charge in [0.2, 0.25) is 0 Å². The van der Waals surface area contributed by atoms with Gasteiger partial charge in [0.1, 0.15) is 0 Å². The summed E-state index contributed by atoms with van der Waals surface area (Å²) >= 11 is 9.29. The van der Waals surface area contributed by atoms with Crippen LogP contribution in [0.15, 0.2) is 34.9 Å². The Labute approximate surface area is 129 Å². The third-order valence-electron chi connectivity index (χ3n) is 2.68. The van der Waals surface area contributed by atoms with Gasteiger partial charge in [0, 0.05) is 28.8 Å². The number of aromatic nitrogens is 1. The number of benzene rings is 1. The second kappa shape index (κ2) is 6.19. The second-order valence-electron chi connectivity index (χ2n) is 4.23. The maximum atomic E-state index is 11.0. The molecule has 2 rings (SSSR count). The van der Waals surface area contributed by atoms with E-state index in [1.807, 2.05) is 13.0 Å². The minimum atomic E-state index is -0.403. The molecule has 20 heavy (non-hydrogen) atoms. The summed E-state index contributed by atoms with van der Waals surface area (Å²) in [5, 5.41) is 14.4. The van der Waals surface area contributed by atoms with E-state index in [1.54, 1.807) is 18.3 Å². The second-order valence-corrected chi connectivity index (χ2v) is 5.51. The summed E-state index contributed by atoms with van der Waals surface area (Å²) in [4.78, 5) is 14.6. The molecular weight excluding hydrogens is 346 g/mol. The van der Waals surface area contributed by atoms with Crippen molar-refractivity contribution in [3.63, 3.8) is 0 Å². The fourth-order valence-corrected chi connectivity index (χ4v) is 2.32. The van der Waals surface area contributed by atoms with Gasteiger partial charge in [-0.1, -0.05) is 27.5 Å². The molecule has 0 saturated carbocycles. The molecule has 1 aromatic carbocycles. The Hall–Kier alpha value is -1.66. The molecule has 7 heteroatoms. The van der Waals surface area contributed by atoms with E-state index in [0.29, 0.717) is 22.9 Å². The van der Waals surface area contributed by atoms with Gasteiger partial charge in [-0.3, -0.25) is 10.1 Å². The molecule has 0 radical (unpaired) electrons. The molecule has 5 nitrogen and oxygen atoms in total. The lowest BCUT2D eigenvalue weighted by Crippen LogP contribution is -2.04. The van der Waals surface area contributed by atoms with Crippen LogP contribution in [0.5, 0.6) is 0 Å². The third-order valence-corrected chi connectivity index (χ3v) is 3.48. The normalized spacial score (nSPS) is 10.3. The largest absolute Gasteiger partial charge is 0.378 e. The average molecular weight is 357 g/mol. The number of aryl methyl sites for hydroxylation is 1. The number of hydrogen-bond donors (Lipinski definition) is 1. The number of pyridine rings is 1. The van der Waals surface area contributed by atoms with Gasteiger partial charge < -0.3 is 5.32 Å². The fraction of sp³-hybridized carbons (Fsp3) is 0.154. The number of nitrogens with one attached hydrogen (secondary N) is 1. The zero-order valence-electron chi connectivity index (χ0n) is 10.6. The first-order valence-electron chi connectivity index (χ1n) is 5.76. The van der Waals surface area contributed by atoms with Gasteiger partial charge in [0.05, 0.1) is 10.6 Å². The van der Waals surface area contributed by atoms with Crippen LogP contribution in [-0.4, -0.2) is 9.91 Å². The van der Waals surface area contributed by atoms with E-state index >= 15 is 0 Å². The van der Waals surface area contributed by atoms with Crippen LogP contribution in [0.4, 0.5) is 11.4 Å². The Balaban J connectivity index is 2.24. The molecule has 0 atom stereocenters. The lowest BCUT2D eigenvalue weighted by atomic mass is 10.2. The highest BCUT2D eigenvalue weighted by atomic mass is 79.9. The lowest BCUT2D eigenvalue weighted by Gasteiger charge is -2.09. The quantitative estimate of drug-likeness (QED) is 0.503. The third kappa shape index (κ3) is 3.46. The van der Waals surface area contributed by atoms with Gasteiger partial charge in [0.25, 0.3) is 5.69 Å². The van der Waals surface area contributed by atoms with Crippen LogP contribution < -0.4 is 5.32 Å². The molecule has 1 N–H and O–H groups in total. The van der Waals surface area contributed by atoms with E-state index < -0.39 is 4.92 Å². The van der Waals surface area contributed by atoms with Crippen LogP contribution in [-0.2, 0) is 6.54 Å². The van der Waals surface area contributed by atoms with Crippen molar-refractivity contribution >= 4 is 38.9 Å². The van der Waals surface area contributed by atoms with Gasteiger partial charge in [-0.2, -0.15) is 0 Å². The van der Waals surface area contributed by atoms with E-state index in [4.69, 9.17) is 11.6 Å². The summed E-state index contributed by atoms with van der Waals surface area (Å²) in [5.41, 5.74) is 2.25. The number of rotatable bonds is 4. The number of nitrogens with zero attached hydrogens (tertiary/aromatic N) is 2. The minimum absolute atomic E-state index is 0.0671. The Morgan fingerprint density at radius 1 is 1.45 bits per heavy atom. The van der Waals surface area contributed by atoms with E-state index in [1.165, 1.54) is 6.07 Å². The molecule has 0 unspecified atom stereocenters. The first kappa shape index (κ1) is 14.7. The monoisotopic (exact) mass is 355 g/mol. The van der Waals surface area contributed by atoms with Crippen molar-refractivity contribution in [3.05, 3.63) is 61.3 Å². The molecule has 0 bridgehead atoms. The molecule has 1 heterocycles. The Kier molecular flexibility index (Phi) is 4.57. The summed E-state index contributed by atoms with van der Waals surface area (Å²) < 4.78 is 0.786. The van der Waals surface area contributed by atoms with E-state index in [2.05, 4.69) is 26.2 Å². The highest BCUT2D eigenvalue weighted by Crippen LogP contribution is 2.26. The maximum Gasteiger partial charge on any atom is 0.274 e. The summed E-state index contributed by atoms with van der Waals surface area (Å²) in [6, 6.07) is 6.67.